The summed E-state index contributed by atoms with van der Waals surface area (Å²) in [5.41, 5.74) is 1.79. The van der Waals surface area contributed by atoms with Crippen molar-refractivity contribution < 1.29 is 13.7 Å². The number of aryl methyl sites for hydroxylation is 1. The van der Waals surface area contributed by atoms with Crippen molar-refractivity contribution in [1.29, 1.82) is 0 Å². The maximum Gasteiger partial charge on any atom is 0.286 e. The van der Waals surface area contributed by atoms with Crippen molar-refractivity contribution in [2.45, 2.75) is 11.8 Å². The molecule has 24 heavy (non-hydrogen) atoms. The monoisotopic (exact) mass is 342 g/mol. The topological polar surface area (TPSA) is 68.6 Å². The molecule has 6 heteroatoms. The molecular formula is C18H18N2O3S. The summed E-state index contributed by atoms with van der Waals surface area (Å²) in [5.74, 6) is 5.05. The van der Waals surface area contributed by atoms with Crippen molar-refractivity contribution in [3.05, 3.63) is 59.4 Å². The molecule has 0 aliphatic rings. The second-order valence-corrected chi connectivity index (χ2v) is 7.47. The van der Waals surface area contributed by atoms with Crippen LogP contribution in [0.15, 0.2) is 52.0 Å². The third-order valence-corrected chi connectivity index (χ3v) is 4.76. The zero-order chi connectivity index (χ0) is 17.6. The number of rotatable bonds is 3. The molecule has 0 aliphatic carbocycles. The van der Waals surface area contributed by atoms with E-state index in [-0.39, 0.29) is 5.56 Å². The third kappa shape index (κ3) is 4.75. The van der Waals surface area contributed by atoms with E-state index < -0.39 is 15.6 Å². The molecule has 5 nitrogen and oxygen atoms in total. The molecule has 2 aromatic rings. The largest absolute Gasteiger partial charge is 0.372 e. The maximum atomic E-state index is 12.8. The fourth-order valence-electron chi connectivity index (χ4n) is 1.95. The summed E-state index contributed by atoms with van der Waals surface area (Å²) in [6.07, 6.45) is 4.39. The lowest BCUT2D eigenvalue weighted by Crippen LogP contribution is -2.04. The number of ether oxygens (including phenoxy) is 1. The molecule has 1 aromatic heterocycles. The maximum absolute atomic E-state index is 12.8. The second-order valence-electron chi connectivity index (χ2n) is 5.21. The number of nitrogens with zero attached hydrogens (tertiary/aromatic N) is 2. The smallest absolute Gasteiger partial charge is 0.286 e. The van der Waals surface area contributed by atoms with Gasteiger partial charge in [0.1, 0.15) is 6.61 Å². The number of amides is 1. The second kappa shape index (κ2) is 7.86. The van der Waals surface area contributed by atoms with Crippen molar-refractivity contribution in [3.63, 3.8) is 0 Å². The third-order valence-electron chi connectivity index (χ3n) is 3.12. The SMILES string of the molecule is COCC#Cc1cncc(C(=O)N=S(C)(=O)c2cccc(C)c2)c1. The van der Waals surface area contributed by atoms with Gasteiger partial charge in [0.15, 0.2) is 0 Å². The average Bonchev–Trinajstić information content (AvgIpc) is 2.55. The summed E-state index contributed by atoms with van der Waals surface area (Å²) < 4.78 is 21.5. The summed E-state index contributed by atoms with van der Waals surface area (Å²) in [5, 5.41) is 0. The van der Waals surface area contributed by atoms with E-state index in [4.69, 9.17) is 4.74 Å². The van der Waals surface area contributed by atoms with Gasteiger partial charge in [-0.1, -0.05) is 24.0 Å². The van der Waals surface area contributed by atoms with E-state index in [2.05, 4.69) is 21.2 Å². The Labute approximate surface area is 142 Å². The molecule has 0 saturated heterocycles. The lowest BCUT2D eigenvalue weighted by molar-refractivity contribution is 0.100. The van der Waals surface area contributed by atoms with Gasteiger partial charge >= 0.3 is 0 Å². The molecule has 1 unspecified atom stereocenters. The highest BCUT2D eigenvalue weighted by Crippen LogP contribution is 2.15. The van der Waals surface area contributed by atoms with Gasteiger partial charge in [-0.3, -0.25) is 9.78 Å². The normalized spacial score (nSPS) is 12.6. The quantitative estimate of drug-likeness (QED) is 0.804. The zero-order valence-corrected chi connectivity index (χ0v) is 14.6. The molecule has 1 atom stereocenters. The Bertz CT molecular complexity index is 933. The van der Waals surface area contributed by atoms with Crippen molar-refractivity contribution in [1.82, 2.24) is 4.98 Å². The molecule has 0 spiro atoms. The Morgan fingerprint density at radius 2 is 2.12 bits per heavy atom. The van der Waals surface area contributed by atoms with Gasteiger partial charge in [0, 0.05) is 36.2 Å². The highest BCUT2D eigenvalue weighted by atomic mass is 32.2. The highest BCUT2D eigenvalue weighted by Gasteiger charge is 2.12. The number of methoxy groups -OCH3 is 1. The Balaban J connectivity index is 2.34. The van der Waals surface area contributed by atoms with Crippen LogP contribution in [0.4, 0.5) is 0 Å². The highest BCUT2D eigenvalue weighted by molar-refractivity contribution is 7.93. The van der Waals surface area contributed by atoms with Crippen LogP contribution in [-0.4, -0.2) is 35.1 Å². The van der Waals surface area contributed by atoms with Crippen LogP contribution >= 0.6 is 0 Å². The number of pyridine rings is 1. The summed E-state index contributed by atoms with van der Waals surface area (Å²) >= 11 is 0. The van der Waals surface area contributed by atoms with Crippen molar-refractivity contribution in [3.8, 4) is 11.8 Å². The molecule has 124 valence electrons. The lowest BCUT2D eigenvalue weighted by Gasteiger charge is -2.05. The van der Waals surface area contributed by atoms with Gasteiger partial charge < -0.3 is 4.74 Å². The van der Waals surface area contributed by atoms with Crippen LogP contribution in [0.1, 0.15) is 21.5 Å². The molecule has 0 radical (unpaired) electrons. The fraction of sp³-hybridized carbons (Fsp3) is 0.222. The summed E-state index contributed by atoms with van der Waals surface area (Å²) in [6.45, 7) is 2.19. The van der Waals surface area contributed by atoms with E-state index in [0.29, 0.717) is 17.1 Å². The Hall–Kier alpha value is -2.49. The van der Waals surface area contributed by atoms with E-state index in [1.807, 2.05) is 13.0 Å². The van der Waals surface area contributed by atoms with E-state index in [9.17, 15) is 9.00 Å². The molecule has 1 amide bonds. The summed E-state index contributed by atoms with van der Waals surface area (Å²) in [7, 11) is -1.27. The number of hydrogen-bond donors (Lipinski definition) is 0. The van der Waals surface area contributed by atoms with Gasteiger partial charge in [-0.25, -0.2) is 4.21 Å². The molecule has 0 bridgehead atoms. The van der Waals surface area contributed by atoms with Crippen LogP contribution in [0.25, 0.3) is 0 Å². The molecule has 1 heterocycles. The molecule has 2 rings (SSSR count). The van der Waals surface area contributed by atoms with Crippen molar-refractivity contribution >= 4 is 15.6 Å². The predicted molar refractivity (Wildman–Crippen MR) is 93.3 cm³/mol. The summed E-state index contributed by atoms with van der Waals surface area (Å²) in [6, 6.07) is 8.74. The zero-order valence-electron chi connectivity index (χ0n) is 13.8. The first-order valence-corrected chi connectivity index (χ1v) is 9.11. The summed E-state index contributed by atoms with van der Waals surface area (Å²) in [4.78, 5) is 16.9. The first kappa shape index (κ1) is 17.9. The molecule has 1 aromatic carbocycles. The molecule has 0 N–H and O–H groups in total. The van der Waals surface area contributed by atoms with Gasteiger partial charge in [-0.05, 0) is 30.7 Å². The molecular weight excluding hydrogens is 324 g/mol. The van der Waals surface area contributed by atoms with E-state index in [1.54, 1.807) is 37.6 Å². The Morgan fingerprint density at radius 3 is 2.83 bits per heavy atom. The minimum Gasteiger partial charge on any atom is -0.372 e. The number of carbonyl (C=O) groups is 1. The van der Waals surface area contributed by atoms with Crippen LogP contribution in [-0.2, 0) is 14.5 Å². The standard InChI is InChI=1S/C18H18N2O3S/c1-14-6-4-8-17(10-14)24(3,22)20-18(21)16-11-15(12-19-13-16)7-5-9-23-2/h4,6,8,10-13H,9H2,1-3H3. The van der Waals surface area contributed by atoms with Crippen LogP contribution in [0.2, 0.25) is 0 Å². The predicted octanol–water partition coefficient (Wildman–Crippen LogP) is 2.69. The van der Waals surface area contributed by atoms with Gasteiger partial charge in [0.05, 0.1) is 15.3 Å². The van der Waals surface area contributed by atoms with Crippen molar-refractivity contribution in [2.24, 2.45) is 4.36 Å². The van der Waals surface area contributed by atoms with Gasteiger partial charge in [-0.15, -0.1) is 0 Å². The van der Waals surface area contributed by atoms with Gasteiger partial charge in [0.2, 0.25) is 0 Å². The molecule has 0 aliphatic heterocycles. The fourth-order valence-corrected chi connectivity index (χ4v) is 3.21. The van der Waals surface area contributed by atoms with Crippen LogP contribution in [0.3, 0.4) is 0 Å². The number of hydrogen-bond acceptors (Lipinski definition) is 4. The van der Waals surface area contributed by atoms with Crippen molar-refractivity contribution in [2.75, 3.05) is 20.0 Å². The first-order valence-electron chi connectivity index (χ1n) is 7.18. The van der Waals surface area contributed by atoms with E-state index >= 15 is 0 Å². The molecule has 0 saturated carbocycles. The Kier molecular flexibility index (Phi) is 5.85. The van der Waals surface area contributed by atoms with Gasteiger partial charge in [0.25, 0.3) is 5.91 Å². The average molecular weight is 342 g/mol. The minimum absolute atomic E-state index is 0.251. The van der Waals surface area contributed by atoms with Crippen LogP contribution in [0.5, 0.6) is 0 Å². The number of aromatic nitrogens is 1. The lowest BCUT2D eigenvalue weighted by atomic mass is 10.2. The minimum atomic E-state index is -2.82. The van der Waals surface area contributed by atoms with Crippen LogP contribution in [0, 0.1) is 18.8 Å². The number of carbonyl (C=O) groups excluding carboxylic acids is 1. The van der Waals surface area contributed by atoms with E-state index in [0.717, 1.165) is 5.56 Å². The van der Waals surface area contributed by atoms with Crippen LogP contribution < -0.4 is 0 Å². The molecule has 0 fully saturated rings. The van der Waals surface area contributed by atoms with E-state index in [1.165, 1.54) is 12.5 Å². The Morgan fingerprint density at radius 1 is 1.33 bits per heavy atom. The number of benzene rings is 1. The first-order chi connectivity index (χ1) is 11.4. The van der Waals surface area contributed by atoms with Gasteiger partial charge in [-0.2, -0.15) is 4.36 Å².